The molecule has 7 nitrogen and oxygen atoms in total. The lowest BCUT2D eigenvalue weighted by molar-refractivity contribution is 1.15. The number of anilines is 3. The summed E-state index contributed by atoms with van der Waals surface area (Å²) in [6.45, 7) is 0. The van der Waals surface area contributed by atoms with Crippen LogP contribution in [0, 0.1) is 12.3 Å². The van der Waals surface area contributed by atoms with E-state index in [1.165, 1.54) is 109 Å². The van der Waals surface area contributed by atoms with Gasteiger partial charge in [-0.1, -0.05) is 152 Å². The Morgan fingerprint density at radius 1 is 0.182 bits per heavy atom. The highest BCUT2D eigenvalue weighted by molar-refractivity contribution is 6.17. The van der Waals surface area contributed by atoms with E-state index in [9.17, 15) is 0 Å². The van der Waals surface area contributed by atoms with Gasteiger partial charge in [-0.15, -0.1) is 6.42 Å². The Hall–Kier alpha value is -13.5. The molecule has 0 saturated carbocycles. The highest BCUT2D eigenvalue weighted by Gasteiger charge is 2.24. The van der Waals surface area contributed by atoms with E-state index >= 15 is 0 Å². The Balaban J connectivity index is 0.714. The third-order valence-corrected chi connectivity index (χ3v) is 20.8. The van der Waals surface area contributed by atoms with Crippen LogP contribution in [0.15, 0.2) is 340 Å². The summed E-state index contributed by atoms with van der Waals surface area (Å²) in [4.78, 5) is 2.33. The van der Waals surface area contributed by atoms with Crippen LogP contribution in [0.5, 0.6) is 0 Å². The Kier molecular flexibility index (Phi) is 11.8. The van der Waals surface area contributed by atoms with E-state index in [0.717, 1.165) is 78.8 Å². The molecule has 0 saturated heterocycles. The summed E-state index contributed by atoms with van der Waals surface area (Å²) in [7, 11) is 0. The fourth-order valence-corrected chi connectivity index (χ4v) is 16.6. The maximum Gasteiger partial charge on any atom is 0.0542 e. The fourth-order valence-electron chi connectivity index (χ4n) is 16.6. The van der Waals surface area contributed by atoms with Crippen molar-refractivity contribution in [2.75, 3.05) is 4.90 Å². The van der Waals surface area contributed by atoms with Gasteiger partial charge >= 0.3 is 0 Å². The van der Waals surface area contributed by atoms with Gasteiger partial charge in [-0.05, 0) is 194 Å². The maximum absolute atomic E-state index is 6.02. The maximum atomic E-state index is 6.02. The minimum absolute atomic E-state index is 0.826. The zero-order chi connectivity index (χ0) is 65.0. The van der Waals surface area contributed by atoms with Gasteiger partial charge in [0.2, 0.25) is 0 Å². The topological polar surface area (TPSA) is 32.8 Å². The number of para-hydroxylation sites is 8. The van der Waals surface area contributed by atoms with Crippen molar-refractivity contribution >= 4 is 148 Å². The molecular formula is C92H57N7. The van der Waals surface area contributed by atoms with Gasteiger partial charge < -0.3 is 32.3 Å². The highest BCUT2D eigenvalue weighted by atomic mass is 15.1. The molecule has 0 atom stereocenters. The molecule has 0 unspecified atom stereocenters. The number of hydrogen-bond donors (Lipinski definition) is 0. The van der Waals surface area contributed by atoms with Gasteiger partial charge in [0.05, 0.1) is 66.2 Å². The minimum atomic E-state index is 0.826. The average molecular weight is 1260 g/mol. The van der Waals surface area contributed by atoms with Crippen LogP contribution >= 0.6 is 0 Å². The lowest BCUT2D eigenvalue weighted by Gasteiger charge is -2.26. The molecule has 0 aliphatic carbocycles. The molecule has 0 aliphatic rings. The van der Waals surface area contributed by atoms with Gasteiger partial charge in [-0.2, -0.15) is 0 Å². The Morgan fingerprint density at radius 3 is 0.586 bits per heavy atom. The monoisotopic (exact) mass is 1260 g/mol. The number of hydrogen-bond acceptors (Lipinski definition) is 1. The molecule has 0 aliphatic heterocycles. The first-order valence-corrected chi connectivity index (χ1v) is 33.8. The van der Waals surface area contributed by atoms with Crippen molar-refractivity contribution in [1.82, 2.24) is 27.4 Å². The molecule has 0 radical (unpaired) electrons. The second-order valence-electron chi connectivity index (χ2n) is 26.0. The molecule has 21 rings (SSSR count). The molecule has 15 aromatic carbocycles. The van der Waals surface area contributed by atoms with E-state index in [2.05, 4.69) is 366 Å². The van der Waals surface area contributed by atoms with E-state index in [-0.39, 0.29) is 0 Å². The number of terminal acetylenes is 1. The largest absolute Gasteiger partial charge is 0.311 e. The van der Waals surface area contributed by atoms with E-state index in [1.54, 1.807) is 0 Å². The molecule has 0 fully saturated rings. The quantitative estimate of drug-likeness (QED) is 0.133. The number of fused-ring (bicyclic) bond motifs is 18. The van der Waals surface area contributed by atoms with Crippen LogP contribution in [0.1, 0.15) is 5.56 Å². The van der Waals surface area contributed by atoms with Crippen LogP contribution in [-0.4, -0.2) is 27.4 Å². The van der Waals surface area contributed by atoms with Crippen molar-refractivity contribution in [2.45, 2.75) is 0 Å². The van der Waals surface area contributed by atoms with Gasteiger partial charge in [0.1, 0.15) is 0 Å². The summed E-state index contributed by atoms with van der Waals surface area (Å²) >= 11 is 0. The van der Waals surface area contributed by atoms with Crippen LogP contribution in [0.3, 0.4) is 0 Å². The summed E-state index contributed by atoms with van der Waals surface area (Å²) in [6.07, 6.45) is 6.02. The predicted molar refractivity (Wildman–Crippen MR) is 415 cm³/mol. The SMILES string of the molecule is C#Cc1ccc(N(c2ccc(-n3c4ccc(-n5c6ccccc6c6ccccc65)cc4c4cc(-n5c6ccccc6c6ccccc65)ccc43)cc2)c2ccc(-n3c4ccc(-n5c6ccccc6c6ccccc65)cc4c4cc(-n5c6ccccc6c6ccccc65)ccc43)cc2)cc1. The zero-order valence-corrected chi connectivity index (χ0v) is 53.5. The van der Waals surface area contributed by atoms with Crippen molar-refractivity contribution in [3.05, 3.63) is 345 Å². The standard InChI is InChI=1S/C92H57N7/c1-2-59-35-37-60(38-36-59)93(61-39-43-63(44-40-61)94-89-51-47-65(96-81-27-11-3-19-69(81)70-20-4-12-28-82(70)96)55-77(89)78-56-66(48-52-90(78)94)97-83-29-13-5-21-71(83)72-22-6-14-30-84(72)97)62-41-45-64(46-42-62)95-91-53-49-67(98-85-31-15-7-23-73(85)74-24-8-16-32-86(74)98)57-79(91)80-58-68(50-54-92(80)95)99-87-33-17-9-25-75(87)76-26-10-18-34-88(76)99/h1,3-58H. The lowest BCUT2D eigenvalue weighted by Crippen LogP contribution is -2.10. The fraction of sp³-hybridized carbons (Fsp3) is 0. The normalized spacial score (nSPS) is 12.0. The van der Waals surface area contributed by atoms with Gasteiger partial charge in [-0.25, -0.2) is 0 Å². The van der Waals surface area contributed by atoms with Crippen molar-refractivity contribution < 1.29 is 0 Å². The third-order valence-electron chi connectivity index (χ3n) is 20.8. The van der Waals surface area contributed by atoms with Crippen molar-refractivity contribution in [3.8, 4) is 46.5 Å². The van der Waals surface area contributed by atoms with Crippen LogP contribution in [0.25, 0.3) is 165 Å². The zero-order valence-electron chi connectivity index (χ0n) is 53.5. The molecule has 0 bridgehead atoms. The molecule has 460 valence electrons. The molecular weight excluding hydrogens is 1200 g/mol. The summed E-state index contributed by atoms with van der Waals surface area (Å²) in [6, 6.07) is 125. The molecule has 0 amide bonds. The molecule has 0 spiro atoms. The predicted octanol–water partition coefficient (Wildman–Crippen LogP) is 23.7. The van der Waals surface area contributed by atoms with E-state index in [0.29, 0.717) is 0 Å². The molecule has 6 aromatic heterocycles. The van der Waals surface area contributed by atoms with Crippen LogP contribution in [0.2, 0.25) is 0 Å². The number of nitrogens with zero attached hydrogens (tertiary/aromatic N) is 7. The first kappa shape index (κ1) is 54.8. The van der Waals surface area contributed by atoms with Crippen LogP contribution in [-0.2, 0) is 0 Å². The molecule has 6 heterocycles. The van der Waals surface area contributed by atoms with E-state index < -0.39 is 0 Å². The molecule has 7 heteroatoms. The first-order chi connectivity index (χ1) is 49.1. The number of aromatic nitrogens is 6. The second-order valence-corrected chi connectivity index (χ2v) is 26.0. The molecule has 21 aromatic rings. The summed E-state index contributed by atoms with van der Waals surface area (Å²) < 4.78 is 14.6. The van der Waals surface area contributed by atoms with Crippen molar-refractivity contribution in [2.24, 2.45) is 0 Å². The lowest BCUT2D eigenvalue weighted by atomic mass is 10.1. The van der Waals surface area contributed by atoms with Gasteiger partial charge in [0, 0.05) is 121 Å². The number of rotatable bonds is 9. The van der Waals surface area contributed by atoms with Crippen molar-refractivity contribution in [3.63, 3.8) is 0 Å². The van der Waals surface area contributed by atoms with E-state index in [4.69, 9.17) is 6.42 Å². The van der Waals surface area contributed by atoms with E-state index in [1.807, 2.05) is 12.1 Å². The second kappa shape index (κ2) is 21.2. The van der Waals surface area contributed by atoms with Crippen molar-refractivity contribution in [1.29, 1.82) is 0 Å². The minimum Gasteiger partial charge on any atom is -0.311 e. The van der Waals surface area contributed by atoms with Gasteiger partial charge in [0.15, 0.2) is 0 Å². The first-order valence-electron chi connectivity index (χ1n) is 33.8. The number of benzene rings is 15. The summed E-state index contributed by atoms with van der Waals surface area (Å²) in [5, 5.41) is 14.6. The molecule has 0 N–H and O–H groups in total. The summed E-state index contributed by atoms with van der Waals surface area (Å²) in [5.41, 5.74) is 24.3. The molecule has 99 heavy (non-hydrogen) atoms. The third kappa shape index (κ3) is 8.09. The van der Waals surface area contributed by atoms with Gasteiger partial charge in [-0.3, -0.25) is 0 Å². The average Bonchev–Trinajstić information content (AvgIpc) is 1.58. The Morgan fingerprint density at radius 2 is 0.364 bits per heavy atom. The summed E-state index contributed by atoms with van der Waals surface area (Å²) in [5.74, 6) is 2.85. The van der Waals surface area contributed by atoms with Crippen LogP contribution < -0.4 is 4.90 Å². The smallest absolute Gasteiger partial charge is 0.0542 e. The Labute approximate surface area is 568 Å². The van der Waals surface area contributed by atoms with Crippen LogP contribution in [0.4, 0.5) is 17.1 Å². The Bertz CT molecular complexity index is 6030. The highest BCUT2D eigenvalue weighted by Crippen LogP contribution is 2.44. The van der Waals surface area contributed by atoms with Gasteiger partial charge in [0.25, 0.3) is 0 Å².